The molecule has 0 bridgehead atoms. The molecule has 0 fully saturated rings. The van der Waals surface area contributed by atoms with E-state index in [-0.39, 0.29) is 28.4 Å². The minimum absolute atomic E-state index is 0.134. The van der Waals surface area contributed by atoms with Crippen molar-refractivity contribution in [1.82, 2.24) is 10.3 Å². The van der Waals surface area contributed by atoms with Gasteiger partial charge in [0.15, 0.2) is 0 Å². The fourth-order valence-corrected chi connectivity index (χ4v) is 1.75. The number of carbonyl (C=O) groups excluding carboxylic acids is 1. The number of pyridine rings is 1. The van der Waals surface area contributed by atoms with Gasteiger partial charge in [-0.2, -0.15) is 0 Å². The van der Waals surface area contributed by atoms with Gasteiger partial charge in [0.05, 0.1) is 10.6 Å². The molecule has 0 unspecified atom stereocenters. The van der Waals surface area contributed by atoms with E-state index in [0.29, 0.717) is 11.1 Å². The summed E-state index contributed by atoms with van der Waals surface area (Å²) < 4.78 is 0. The van der Waals surface area contributed by atoms with Crippen LogP contribution in [-0.2, 0) is 6.54 Å². The highest BCUT2D eigenvalue weighted by atomic mass is 35.5. The zero-order valence-corrected chi connectivity index (χ0v) is 11.2. The Morgan fingerprint density at radius 2 is 2.05 bits per heavy atom. The van der Waals surface area contributed by atoms with E-state index in [2.05, 4.69) is 10.3 Å². The molecule has 0 radical (unpaired) electrons. The number of aromatic hydroxyl groups is 1. The summed E-state index contributed by atoms with van der Waals surface area (Å²) in [5.41, 5.74) is 0.939. The SMILES string of the molecule is O=C(NCc1ccccc1O)c1cnc(Cl)c(Cl)c1. The van der Waals surface area contributed by atoms with Crippen LogP contribution in [0.4, 0.5) is 0 Å². The monoisotopic (exact) mass is 296 g/mol. The van der Waals surface area contributed by atoms with Crippen molar-refractivity contribution in [3.05, 3.63) is 57.8 Å². The Morgan fingerprint density at radius 3 is 2.74 bits per heavy atom. The molecule has 19 heavy (non-hydrogen) atoms. The van der Waals surface area contributed by atoms with E-state index in [1.54, 1.807) is 24.3 Å². The fourth-order valence-electron chi connectivity index (χ4n) is 1.48. The first-order valence-corrected chi connectivity index (χ1v) is 6.19. The van der Waals surface area contributed by atoms with E-state index in [1.165, 1.54) is 12.3 Å². The number of para-hydroxylation sites is 1. The van der Waals surface area contributed by atoms with Gasteiger partial charge in [0.2, 0.25) is 0 Å². The summed E-state index contributed by atoms with van der Waals surface area (Å²) in [4.78, 5) is 15.7. The van der Waals surface area contributed by atoms with Crippen LogP contribution in [0.15, 0.2) is 36.5 Å². The third-order valence-electron chi connectivity index (χ3n) is 2.49. The maximum absolute atomic E-state index is 11.9. The third kappa shape index (κ3) is 3.36. The number of phenols is 1. The molecule has 6 heteroatoms. The van der Waals surface area contributed by atoms with Gasteiger partial charge in [-0.3, -0.25) is 4.79 Å². The van der Waals surface area contributed by atoms with E-state index in [0.717, 1.165) is 0 Å². The number of rotatable bonds is 3. The molecule has 0 atom stereocenters. The highest BCUT2D eigenvalue weighted by Crippen LogP contribution is 2.20. The van der Waals surface area contributed by atoms with Crippen molar-refractivity contribution < 1.29 is 9.90 Å². The molecule has 98 valence electrons. The van der Waals surface area contributed by atoms with Gasteiger partial charge in [-0.05, 0) is 12.1 Å². The number of carbonyl (C=O) groups is 1. The zero-order chi connectivity index (χ0) is 13.8. The number of nitrogens with one attached hydrogen (secondary N) is 1. The Labute approximate surface area is 120 Å². The summed E-state index contributed by atoms with van der Waals surface area (Å²) in [6, 6.07) is 8.22. The van der Waals surface area contributed by atoms with Gasteiger partial charge in [0.25, 0.3) is 5.91 Å². The minimum atomic E-state index is -0.339. The van der Waals surface area contributed by atoms with Crippen LogP contribution in [0.3, 0.4) is 0 Å². The molecule has 0 aliphatic rings. The Kier molecular flexibility index (Phi) is 4.24. The lowest BCUT2D eigenvalue weighted by atomic mass is 10.2. The summed E-state index contributed by atoms with van der Waals surface area (Å²) >= 11 is 11.5. The lowest BCUT2D eigenvalue weighted by Crippen LogP contribution is -2.23. The van der Waals surface area contributed by atoms with Crippen molar-refractivity contribution in [3.8, 4) is 5.75 Å². The number of hydrogen-bond acceptors (Lipinski definition) is 3. The average molecular weight is 297 g/mol. The molecule has 4 nitrogen and oxygen atoms in total. The summed E-state index contributed by atoms with van der Waals surface area (Å²) in [6.07, 6.45) is 1.34. The number of hydrogen-bond donors (Lipinski definition) is 2. The third-order valence-corrected chi connectivity index (χ3v) is 3.18. The molecule has 2 N–H and O–H groups in total. The van der Waals surface area contributed by atoms with Crippen LogP contribution in [0.2, 0.25) is 10.2 Å². The van der Waals surface area contributed by atoms with E-state index < -0.39 is 0 Å². The molecule has 1 amide bonds. The van der Waals surface area contributed by atoms with E-state index in [1.807, 2.05) is 0 Å². The van der Waals surface area contributed by atoms with Crippen LogP contribution in [0.25, 0.3) is 0 Å². The summed E-state index contributed by atoms with van der Waals surface area (Å²) in [7, 11) is 0. The number of nitrogens with zero attached hydrogens (tertiary/aromatic N) is 1. The fraction of sp³-hybridized carbons (Fsp3) is 0.0769. The van der Waals surface area contributed by atoms with Crippen LogP contribution in [-0.4, -0.2) is 16.0 Å². The molecule has 0 aliphatic carbocycles. The number of benzene rings is 1. The molecule has 2 aromatic rings. The summed E-state index contributed by atoms with van der Waals surface area (Å²) in [6.45, 7) is 0.214. The largest absolute Gasteiger partial charge is 0.508 e. The Hall–Kier alpha value is -1.78. The first kappa shape index (κ1) is 13.6. The zero-order valence-electron chi connectivity index (χ0n) is 9.73. The lowest BCUT2D eigenvalue weighted by Gasteiger charge is -2.07. The van der Waals surface area contributed by atoms with Gasteiger partial charge in [-0.25, -0.2) is 4.98 Å². The van der Waals surface area contributed by atoms with Gasteiger partial charge in [0.1, 0.15) is 10.9 Å². The Balaban J connectivity index is 2.05. The standard InChI is InChI=1S/C13H10Cl2N2O2/c14-10-5-9(7-16-12(10)15)13(19)17-6-8-3-1-2-4-11(8)18/h1-5,7,18H,6H2,(H,17,19). The quantitative estimate of drug-likeness (QED) is 0.856. The molecular weight excluding hydrogens is 287 g/mol. The van der Waals surface area contributed by atoms with Crippen molar-refractivity contribution in [1.29, 1.82) is 0 Å². The Morgan fingerprint density at radius 1 is 1.32 bits per heavy atom. The topological polar surface area (TPSA) is 62.2 Å². The van der Waals surface area contributed by atoms with Gasteiger partial charge >= 0.3 is 0 Å². The van der Waals surface area contributed by atoms with Crippen molar-refractivity contribution in [2.45, 2.75) is 6.54 Å². The predicted molar refractivity (Wildman–Crippen MR) is 73.5 cm³/mol. The first-order chi connectivity index (χ1) is 9.08. The van der Waals surface area contributed by atoms with E-state index >= 15 is 0 Å². The van der Waals surface area contributed by atoms with Crippen molar-refractivity contribution in [2.24, 2.45) is 0 Å². The second-order valence-corrected chi connectivity index (χ2v) is 4.57. The number of amides is 1. The normalized spacial score (nSPS) is 10.2. The molecule has 0 spiro atoms. The van der Waals surface area contributed by atoms with Crippen molar-refractivity contribution in [3.63, 3.8) is 0 Å². The smallest absolute Gasteiger partial charge is 0.253 e. The van der Waals surface area contributed by atoms with Crippen molar-refractivity contribution in [2.75, 3.05) is 0 Å². The predicted octanol–water partition coefficient (Wildman–Crippen LogP) is 3.02. The number of aromatic nitrogens is 1. The molecule has 1 heterocycles. The molecule has 2 rings (SSSR count). The second-order valence-electron chi connectivity index (χ2n) is 3.81. The Bertz CT molecular complexity index is 617. The first-order valence-electron chi connectivity index (χ1n) is 5.44. The highest BCUT2D eigenvalue weighted by Gasteiger charge is 2.09. The summed E-state index contributed by atoms with van der Waals surface area (Å²) in [5.74, 6) is -0.204. The molecule has 1 aromatic heterocycles. The van der Waals surface area contributed by atoms with Crippen LogP contribution in [0.1, 0.15) is 15.9 Å². The van der Waals surface area contributed by atoms with Crippen LogP contribution in [0.5, 0.6) is 5.75 Å². The highest BCUT2D eigenvalue weighted by molar-refractivity contribution is 6.41. The molecule has 0 saturated heterocycles. The molecular formula is C13H10Cl2N2O2. The van der Waals surface area contributed by atoms with Gasteiger partial charge in [0, 0.05) is 18.3 Å². The second kappa shape index (κ2) is 5.91. The molecule has 1 aromatic carbocycles. The molecule has 0 saturated carbocycles. The van der Waals surface area contributed by atoms with Gasteiger partial charge in [-0.1, -0.05) is 41.4 Å². The van der Waals surface area contributed by atoms with Crippen LogP contribution in [0, 0.1) is 0 Å². The summed E-state index contributed by atoms with van der Waals surface area (Å²) in [5, 5.41) is 12.6. The molecule has 0 aliphatic heterocycles. The number of phenolic OH excluding ortho intramolecular Hbond substituents is 1. The van der Waals surface area contributed by atoms with Gasteiger partial charge in [-0.15, -0.1) is 0 Å². The van der Waals surface area contributed by atoms with Crippen LogP contribution >= 0.6 is 23.2 Å². The maximum atomic E-state index is 11.9. The minimum Gasteiger partial charge on any atom is -0.508 e. The maximum Gasteiger partial charge on any atom is 0.253 e. The van der Waals surface area contributed by atoms with E-state index in [4.69, 9.17) is 23.2 Å². The van der Waals surface area contributed by atoms with Crippen LogP contribution < -0.4 is 5.32 Å². The van der Waals surface area contributed by atoms with Gasteiger partial charge < -0.3 is 10.4 Å². The number of halogens is 2. The lowest BCUT2D eigenvalue weighted by molar-refractivity contribution is 0.0950. The average Bonchev–Trinajstić information content (AvgIpc) is 2.40. The van der Waals surface area contributed by atoms with E-state index in [9.17, 15) is 9.90 Å². The van der Waals surface area contributed by atoms with Crippen molar-refractivity contribution >= 4 is 29.1 Å².